The molecule has 1 aliphatic heterocycles. The van der Waals surface area contributed by atoms with Gasteiger partial charge in [-0.3, -0.25) is 4.90 Å². The van der Waals surface area contributed by atoms with E-state index in [-0.39, 0.29) is 6.10 Å². The molecule has 1 saturated heterocycles. The Bertz CT molecular complexity index is 425. The molecule has 1 atom stereocenters. The molecular weight excluding hydrogens is 250 g/mol. The number of ether oxygens (including phenoxy) is 1. The third-order valence-electron chi connectivity index (χ3n) is 3.43. The largest absolute Gasteiger partial charge is 0.368 e. The predicted molar refractivity (Wildman–Crippen MR) is 72.0 cm³/mol. The fraction of sp³-hybridized carbons (Fsp3) is 0.692. The lowest BCUT2D eigenvalue weighted by Crippen LogP contribution is -2.38. The number of rotatable bonds is 3. The second-order valence-electron chi connectivity index (χ2n) is 4.55. The van der Waals surface area contributed by atoms with Gasteiger partial charge in [0.2, 0.25) is 0 Å². The molecule has 0 amide bonds. The van der Waals surface area contributed by atoms with Crippen LogP contribution in [0.25, 0.3) is 0 Å². The van der Waals surface area contributed by atoms with Crippen molar-refractivity contribution in [2.24, 2.45) is 0 Å². The van der Waals surface area contributed by atoms with E-state index >= 15 is 0 Å². The second-order valence-corrected chi connectivity index (χ2v) is 4.91. The number of aryl methyl sites for hydroxylation is 1. The summed E-state index contributed by atoms with van der Waals surface area (Å²) in [6.07, 6.45) is 0.813. The van der Waals surface area contributed by atoms with Gasteiger partial charge < -0.3 is 4.74 Å². The zero-order valence-corrected chi connectivity index (χ0v) is 12.0. The zero-order chi connectivity index (χ0) is 13.1. The lowest BCUT2D eigenvalue weighted by Gasteiger charge is -2.31. The van der Waals surface area contributed by atoms with E-state index in [1.807, 2.05) is 6.92 Å². The number of likely N-dealkylation sites (N-methyl/N-ethyl adjacent to an activating group) is 1. The Balaban J connectivity index is 2.24. The number of hydrogen-bond donors (Lipinski definition) is 0. The number of hydrogen-bond acceptors (Lipinski definition) is 4. The molecule has 1 aromatic heterocycles. The first-order valence-electron chi connectivity index (χ1n) is 6.52. The molecule has 0 saturated carbocycles. The molecule has 1 aliphatic rings. The average Bonchev–Trinajstić information content (AvgIpc) is 2.41. The molecule has 100 valence electrons. The summed E-state index contributed by atoms with van der Waals surface area (Å²) in [6.45, 7) is 9.78. The van der Waals surface area contributed by atoms with Gasteiger partial charge in [0.15, 0.2) is 5.82 Å². The maximum absolute atomic E-state index is 6.17. The van der Waals surface area contributed by atoms with Crippen LogP contribution in [0.3, 0.4) is 0 Å². The lowest BCUT2D eigenvalue weighted by molar-refractivity contribution is -0.0326. The molecule has 2 rings (SSSR count). The van der Waals surface area contributed by atoms with Crippen molar-refractivity contribution in [3.8, 4) is 0 Å². The Morgan fingerprint density at radius 2 is 2.17 bits per heavy atom. The van der Waals surface area contributed by atoms with Gasteiger partial charge in [-0.05, 0) is 19.9 Å². The van der Waals surface area contributed by atoms with Gasteiger partial charge in [0.05, 0.1) is 6.61 Å². The summed E-state index contributed by atoms with van der Waals surface area (Å²) in [4.78, 5) is 11.3. The summed E-state index contributed by atoms with van der Waals surface area (Å²) in [5, 5.41) is 0.550. The van der Waals surface area contributed by atoms with Gasteiger partial charge in [-0.2, -0.15) is 0 Å². The van der Waals surface area contributed by atoms with Gasteiger partial charge in [0, 0.05) is 24.3 Å². The van der Waals surface area contributed by atoms with Crippen molar-refractivity contribution < 1.29 is 4.74 Å². The first-order valence-corrected chi connectivity index (χ1v) is 6.90. The van der Waals surface area contributed by atoms with E-state index in [0.29, 0.717) is 5.15 Å². The molecule has 1 aromatic rings. The summed E-state index contributed by atoms with van der Waals surface area (Å²) >= 11 is 6.17. The zero-order valence-electron chi connectivity index (χ0n) is 11.2. The van der Waals surface area contributed by atoms with Crippen molar-refractivity contribution in [1.29, 1.82) is 0 Å². The lowest BCUT2D eigenvalue weighted by atomic mass is 10.2. The Morgan fingerprint density at radius 1 is 1.39 bits per heavy atom. The van der Waals surface area contributed by atoms with Gasteiger partial charge in [-0.1, -0.05) is 25.4 Å². The van der Waals surface area contributed by atoms with Gasteiger partial charge >= 0.3 is 0 Å². The van der Waals surface area contributed by atoms with Gasteiger partial charge in [-0.25, -0.2) is 9.97 Å². The highest BCUT2D eigenvalue weighted by Crippen LogP contribution is 2.23. The SMILES string of the molecule is CCc1nc(C2CN(CC)CCO2)nc(Cl)c1C. The van der Waals surface area contributed by atoms with E-state index < -0.39 is 0 Å². The smallest absolute Gasteiger partial charge is 0.160 e. The van der Waals surface area contributed by atoms with Crippen molar-refractivity contribution in [3.63, 3.8) is 0 Å². The highest BCUT2D eigenvalue weighted by molar-refractivity contribution is 6.30. The van der Waals surface area contributed by atoms with Crippen LogP contribution >= 0.6 is 11.6 Å². The Hall–Kier alpha value is -0.710. The fourth-order valence-corrected chi connectivity index (χ4v) is 2.38. The molecule has 18 heavy (non-hydrogen) atoms. The predicted octanol–water partition coefficient (Wildman–Crippen LogP) is 2.39. The van der Waals surface area contributed by atoms with Crippen molar-refractivity contribution in [2.75, 3.05) is 26.2 Å². The van der Waals surface area contributed by atoms with Crippen LogP contribution in [0.4, 0.5) is 0 Å². The van der Waals surface area contributed by atoms with E-state index in [9.17, 15) is 0 Å². The van der Waals surface area contributed by atoms with E-state index in [2.05, 4.69) is 28.7 Å². The van der Waals surface area contributed by atoms with E-state index in [0.717, 1.165) is 49.7 Å². The second kappa shape index (κ2) is 5.95. The van der Waals surface area contributed by atoms with Crippen LogP contribution in [0, 0.1) is 6.92 Å². The van der Waals surface area contributed by atoms with Gasteiger partial charge in [0.1, 0.15) is 11.3 Å². The first kappa shape index (κ1) is 13.7. The molecule has 1 fully saturated rings. The molecule has 1 unspecified atom stereocenters. The molecule has 0 N–H and O–H groups in total. The Labute approximate surface area is 113 Å². The van der Waals surface area contributed by atoms with Crippen LogP contribution in [-0.2, 0) is 11.2 Å². The third-order valence-corrected chi connectivity index (χ3v) is 3.79. The summed E-state index contributed by atoms with van der Waals surface area (Å²) in [5.74, 6) is 0.723. The quantitative estimate of drug-likeness (QED) is 0.790. The van der Waals surface area contributed by atoms with E-state index in [4.69, 9.17) is 16.3 Å². The topological polar surface area (TPSA) is 38.2 Å². The van der Waals surface area contributed by atoms with Gasteiger partial charge in [0.25, 0.3) is 0 Å². The third kappa shape index (κ3) is 2.82. The highest BCUT2D eigenvalue weighted by Gasteiger charge is 2.24. The number of halogens is 1. The minimum atomic E-state index is -0.0536. The number of aromatic nitrogens is 2. The molecule has 0 spiro atoms. The molecule has 4 nitrogen and oxygen atoms in total. The monoisotopic (exact) mass is 269 g/mol. The highest BCUT2D eigenvalue weighted by atomic mass is 35.5. The van der Waals surface area contributed by atoms with Crippen molar-refractivity contribution in [3.05, 3.63) is 22.2 Å². The average molecular weight is 270 g/mol. The first-order chi connectivity index (χ1) is 8.65. The molecule has 0 radical (unpaired) electrons. The van der Waals surface area contributed by atoms with Crippen LogP contribution in [-0.4, -0.2) is 41.1 Å². The Kier molecular flexibility index (Phi) is 4.54. The van der Waals surface area contributed by atoms with Crippen molar-refractivity contribution in [2.45, 2.75) is 33.3 Å². The van der Waals surface area contributed by atoms with E-state index in [1.165, 1.54) is 0 Å². The molecule has 0 bridgehead atoms. The van der Waals surface area contributed by atoms with Gasteiger partial charge in [-0.15, -0.1) is 0 Å². The van der Waals surface area contributed by atoms with Crippen LogP contribution in [0.15, 0.2) is 0 Å². The van der Waals surface area contributed by atoms with Crippen LogP contribution in [0.2, 0.25) is 5.15 Å². The number of nitrogens with zero attached hydrogens (tertiary/aromatic N) is 3. The summed E-state index contributed by atoms with van der Waals surface area (Å²) in [6, 6.07) is 0. The standard InChI is InChI=1S/C13H20ClN3O/c1-4-10-9(3)12(14)16-13(15-10)11-8-17(5-2)6-7-18-11/h11H,4-8H2,1-3H3. The summed E-state index contributed by atoms with van der Waals surface area (Å²) in [7, 11) is 0. The molecular formula is C13H20ClN3O. The maximum Gasteiger partial charge on any atom is 0.160 e. The molecule has 0 aliphatic carbocycles. The van der Waals surface area contributed by atoms with Crippen LogP contribution in [0.1, 0.15) is 37.0 Å². The van der Waals surface area contributed by atoms with Crippen molar-refractivity contribution in [1.82, 2.24) is 14.9 Å². The molecule has 0 aromatic carbocycles. The maximum atomic E-state index is 6.17. The fourth-order valence-electron chi connectivity index (χ4n) is 2.18. The normalized spacial score (nSPS) is 21.2. The van der Waals surface area contributed by atoms with Crippen LogP contribution in [0.5, 0.6) is 0 Å². The van der Waals surface area contributed by atoms with E-state index in [1.54, 1.807) is 0 Å². The number of morpholine rings is 1. The summed E-state index contributed by atoms with van der Waals surface area (Å²) in [5.41, 5.74) is 1.99. The van der Waals surface area contributed by atoms with Crippen LogP contribution < -0.4 is 0 Å². The molecule has 5 heteroatoms. The minimum absolute atomic E-state index is 0.0536. The summed E-state index contributed by atoms with van der Waals surface area (Å²) < 4.78 is 5.77. The molecule has 2 heterocycles. The van der Waals surface area contributed by atoms with Crippen molar-refractivity contribution >= 4 is 11.6 Å². The minimum Gasteiger partial charge on any atom is -0.368 e. The Morgan fingerprint density at radius 3 is 2.83 bits per heavy atom.